The topological polar surface area (TPSA) is 38.0 Å². The summed E-state index contributed by atoms with van der Waals surface area (Å²) in [5.41, 5.74) is 6.67. The average Bonchev–Trinajstić information content (AvgIpc) is 2.19. The third-order valence-corrected chi connectivity index (χ3v) is 4.69. The molecule has 15 heavy (non-hydrogen) atoms. The lowest BCUT2D eigenvalue weighted by atomic mass is 9.74. The highest BCUT2D eigenvalue weighted by Gasteiger charge is 2.35. The molecule has 2 nitrogen and oxygen atoms in total. The number of hydrogen-bond acceptors (Lipinski definition) is 2. The molecule has 88 valence electrons. The van der Waals surface area contributed by atoms with Gasteiger partial charge in [-0.15, -0.1) is 0 Å². The van der Waals surface area contributed by atoms with Crippen LogP contribution in [0.15, 0.2) is 0 Å². The molecule has 0 bridgehead atoms. The number of rotatable bonds is 4. The maximum Gasteiger partial charge on any atom is 0.0179 e. The zero-order valence-electron chi connectivity index (χ0n) is 10.1. The summed E-state index contributed by atoms with van der Waals surface area (Å²) in [4.78, 5) is 0. The molecule has 0 aromatic heterocycles. The Balaban J connectivity index is 1.76. The van der Waals surface area contributed by atoms with E-state index in [-0.39, 0.29) is 0 Å². The van der Waals surface area contributed by atoms with Crippen molar-refractivity contribution in [3.05, 3.63) is 0 Å². The van der Waals surface area contributed by atoms with E-state index in [1.807, 2.05) is 0 Å². The molecule has 0 spiro atoms. The summed E-state index contributed by atoms with van der Waals surface area (Å²) in [5, 5.41) is 3.80. The Labute approximate surface area is 94.0 Å². The Morgan fingerprint density at radius 2 is 1.93 bits per heavy atom. The smallest absolute Gasteiger partial charge is 0.0179 e. The van der Waals surface area contributed by atoms with Crippen LogP contribution in [0.3, 0.4) is 0 Å². The molecule has 0 aromatic carbocycles. The second-order valence-electron chi connectivity index (χ2n) is 5.58. The van der Waals surface area contributed by atoms with Gasteiger partial charge in [0.1, 0.15) is 0 Å². The zero-order valence-corrected chi connectivity index (χ0v) is 10.1. The van der Waals surface area contributed by atoms with Gasteiger partial charge in [0.25, 0.3) is 0 Å². The van der Waals surface area contributed by atoms with Crippen LogP contribution in [0.1, 0.15) is 58.3 Å². The van der Waals surface area contributed by atoms with Crippen LogP contribution < -0.4 is 11.1 Å². The number of nitrogens with two attached hydrogens (primary N) is 1. The first-order valence-corrected chi connectivity index (χ1v) is 6.76. The van der Waals surface area contributed by atoms with Gasteiger partial charge in [0.05, 0.1) is 0 Å². The van der Waals surface area contributed by atoms with Crippen molar-refractivity contribution in [2.24, 2.45) is 11.7 Å². The molecule has 2 aliphatic carbocycles. The molecule has 0 saturated heterocycles. The fraction of sp³-hybridized carbons (Fsp3) is 1.00. The van der Waals surface area contributed by atoms with Crippen LogP contribution in [-0.2, 0) is 0 Å². The van der Waals surface area contributed by atoms with Crippen molar-refractivity contribution in [3.8, 4) is 0 Å². The third kappa shape index (κ3) is 2.54. The maximum absolute atomic E-state index is 6.17. The molecule has 0 amide bonds. The summed E-state index contributed by atoms with van der Waals surface area (Å²) < 4.78 is 0. The lowest BCUT2D eigenvalue weighted by molar-refractivity contribution is 0.156. The highest BCUT2D eigenvalue weighted by atomic mass is 15.0. The largest absolute Gasteiger partial charge is 0.327 e. The Hall–Kier alpha value is -0.0800. The number of hydrogen-bond donors (Lipinski definition) is 2. The van der Waals surface area contributed by atoms with Crippen molar-refractivity contribution in [2.75, 3.05) is 6.54 Å². The zero-order chi connectivity index (χ0) is 10.7. The molecule has 2 fully saturated rings. The van der Waals surface area contributed by atoms with Crippen LogP contribution in [0.5, 0.6) is 0 Å². The molecule has 2 saturated carbocycles. The summed E-state index contributed by atoms with van der Waals surface area (Å²) in [6.07, 6.45) is 10.8. The highest BCUT2D eigenvalue weighted by Crippen LogP contribution is 2.35. The first kappa shape index (κ1) is 11.4. The maximum atomic E-state index is 6.17. The monoisotopic (exact) mass is 210 g/mol. The molecule has 2 rings (SSSR count). The van der Waals surface area contributed by atoms with Gasteiger partial charge in [-0.25, -0.2) is 0 Å². The lowest BCUT2D eigenvalue weighted by Gasteiger charge is -2.44. The second-order valence-corrected chi connectivity index (χ2v) is 5.58. The molecular weight excluding hydrogens is 184 g/mol. The normalized spacial score (nSPS) is 34.8. The van der Waals surface area contributed by atoms with Gasteiger partial charge in [0.2, 0.25) is 0 Å². The van der Waals surface area contributed by atoms with Gasteiger partial charge in [0, 0.05) is 11.6 Å². The fourth-order valence-corrected chi connectivity index (χ4v) is 3.10. The molecule has 2 unspecified atom stereocenters. The summed E-state index contributed by atoms with van der Waals surface area (Å²) in [7, 11) is 0. The van der Waals surface area contributed by atoms with Crippen LogP contribution in [0, 0.1) is 5.92 Å². The van der Waals surface area contributed by atoms with Gasteiger partial charge in [0.15, 0.2) is 0 Å². The van der Waals surface area contributed by atoms with Crippen LogP contribution in [-0.4, -0.2) is 18.1 Å². The molecule has 0 aliphatic heterocycles. The van der Waals surface area contributed by atoms with Crippen LogP contribution in [0.4, 0.5) is 0 Å². The SMILES string of the molecule is CCC1(NCC2CCCCC2N)CCC1. The van der Waals surface area contributed by atoms with Gasteiger partial charge in [-0.2, -0.15) is 0 Å². The van der Waals surface area contributed by atoms with Gasteiger partial charge >= 0.3 is 0 Å². The number of nitrogens with one attached hydrogen (secondary N) is 1. The van der Waals surface area contributed by atoms with Gasteiger partial charge in [-0.3, -0.25) is 0 Å². The van der Waals surface area contributed by atoms with Crippen molar-refractivity contribution in [3.63, 3.8) is 0 Å². The first-order chi connectivity index (χ1) is 7.26. The summed E-state index contributed by atoms with van der Waals surface area (Å²) in [5.74, 6) is 0.739. The fourth-order valence-electron chi connectivity index (χ4n) is 3.10. The molecule has 2 atom stereocenters. The van der Waals surface area contributed by atoms with E-state index in [0.29, 0.717) is 11.6 Å². The van der Waals surface area contributed by atoms with E-state index in [9.17, 15) is 0 Å². The quantitative estimate of drug-likeness (QED) is 0.748. The predicted molar refractivity (Wildman–Crippen MR) is 64.8 cm³/mol. The second kappa shape index (κ2) is 4.84. The Kier molecular flexibility index (Phi) is 3.68. The van der Waals surface area contributed by atoms with Crippen molar-refractivity contribution in [2.45, 2.75) is 69.9 Å². The molecule has 3 N–H and O–H groups in total. The van der Waals surface area contributed by atoms with E-state index in [2.05, 4.69) is 12.2 Å². The van der Waals surface area contributed by atoms with Gasteiger partial charge < -0.3 is 11.1 Å². The minimum Gasteiger partial charge on any atom is -0.327 e. The van der Waals surface area contributed by atoms with Crippen molar-refractivity contribution >= 4 is 0 Å². The summed E-state index contributed by atoms with van der Waals surface area (Å²) >= 11 is 0. The van der Waals surface area contributed by atoms with Crippen LogP contribution in [0.25, 0.3) is 0 Å². The standard InChI is InChI=1S/C13H26N2/c1-2-13(8-5-9-13)15-10-11-6-3-4-7-12(11)14/h11-12,15H,2-10,14H2,1H3. The van der Waals surface area contributed by atoms with E-state index in [4.69, 9.17) is 5.73 Å². The van der Waals surface area contributed by atoms with Crippen molar-refractivity contribution in [1.82, 2.24) is 5.32 Å². The molecule has 2 aliphatic rings. The average molecular weight is 210 g/mol. The van der Waals surface area contributed by atoms with E-state index in [1.54, 1.807) is 0 Å². The van der Waals surface area contributed by atoms with Crippen LogP contribution >= 0.6 is 0 Å². The van der Waals surface area contributed by atoms with E-state index >= 15 is 0 Å². The van der Waals surface area contributed by atoms with Crippen molar-refractivity contribution in [1.29, 1.82) is 0 Å². The Bertz CT molecular complexity index is 193. The summed E-state index contributed by atoms with van der Waals surface area (Å²) in [6.45, 7) is 3.47. The third-order valence-electron chi connectivity index (χ3n) is 4.69. The summed E-state index contributed by atoms with van der Waals surface area (Å²) in [6, 6.07) is 0.459. The molecule has 0 radical (unpaired) electrons. The molecule has 0 aromatic rings. The lowest BCUT2D eigenvalue weighted by Crippen LogP contribution is -2.53. The molecule has 2 heteroatoms. The van der Waals surface area contributed by atoms with E-state index < -0.39 is 0 Å². The first-order valence-electron chi connectivity index (χ1n) is 6.76. The van der Waals surface area contributed by atoms with Crippen LogP contribution in [0.2, 0.25) is 0 Å². The predicted octanol–water partition coefficient (Wildman–Crippen LogP) is 2.43. The Morgan fingerprint density at radius 3 is 2.47 bits per heavy atom. The van der Waals surface area contributed by atoms with Gasteiger partial charge in [-0.1, -0.05) is 19.8 Å². The minimum absolute atomic E-state index is 0.459. The van der Waals surface area contributed by atoms with Crippen molar-refractivity contribution < 1.29 is 0 Å². The van der Waals surface area contributed by atoms with E-state index in [0.717, 1.165) is 12.5 Å². The highest BCUT2D eigenvalue weighted by molar-refractivity contribution is 4.95. The van der Waals surface area contributed by atoms with Gasteiger partial charge in [-0.05, 0) is 51.0 Å². The van der Waals surface area contributed by atoms with E-state index in [1.165, 1.54) is 51.4 Å². The molecule has 0 heterocycles. The molecular formula is C13H26N2. The minimum atomic E-state index is 0.459. The Morgan fingerprint density at radius 1 is 1.20 bits per heavy atom.